The predicted molar refractivity (Wildman–Crippen MR) is 99.5 cm³/mol. The van der Waals surface area contributed by atoms with Crippen LogP contribution >= 0.6 is 27.7 Å². The zero-order valence-electron chi connectivity index (χ0n) is 13.6. The van der Waals surface area contributed by atoms with Crippen LogP contribution in [0.3, 0.4) is 0 Å². The van der Waals surface area contributed by atoms with Gasteiger partial charge in [-0.1, -0.05) is 49.7 Å². The van der Waals surface area contributed by atoms with Crippen molar-refractivity contribution in [1.82, 2.24) is 5.32 Å². The molecule has 0 unspecified atom stereocenters. The number of halogens is 1. The van der Waals surface area contributed by atoms with Gasteiger partial charge in [0.05, 0.1) is 0 Å². The van der Waals surface area contributed by atoms with Crippen molar-refractivity contribution in [2.75, 3.05) is 23.7 Å². The molecular formula is C17H27BrN2S. The summed E-state index contributed by atoms with van der Waals surface area (Å²) in [5.74, 6) is 1.21. The van der Waals surface area contributed by atoms with Crippen LogP contribution in [0.4, 0.5) is 5.69 Å². The van der Waals surface area contributed by atoms with Gasteiger partial charge in [-0.15, -0.1) is 0 Å². The number of nitrogens with zero attached hydrogens (tertiary/aromatic N) is 1. The monoisotopic (exact) mass is 370 g/mol. The SMILES string of the molecule is CC(C)NCc1ccc(N2CCSC(C)(C)CC2)cc1Br. The van der Waals surface area contributed by atoms with Gasteiger partial charge < -0.3 is 10.2 Å². The van der Waals surface area contributed by atoms with Gasteiger partial charge in [-0.05, 0) is 24.1 Å². The van der Waals surface area contributed by atoms with E-state index in [1.165, 1.54) is 27.9 Å². The van der Waals surface area contributed by atoms with Gasteiger partial charge in [-0.2, -0.15) is 11.8 Å². The number of rotatable bonds is 4. The highest BCUT2D eigenvalue weighted by atomic mass is 79.9. The van der Waals surface area contributed by atoms with Gasteiger partial charge in [0.1, 0.15) is 0 Å². The smallest absolute Gasteiger partial charge is 0.0378 e. The number of hydrogen-bond acceptors (Lipinski definition) is 3. The molecule has 1 saturated heterocycles. The molecule has 4 heteroatoms. The number of anilines is 1. The van der Waals surface area contributed by atoms with E-state index in [1.807, 2.05) is 0 Å². The summed E-state index contributed by atoms with van der Waals surface area (Å²) in [5.41, 5.74) is 2.67. The lowest BCUT2D eigenvalue weighted by atomic mass is 10.1. The molecule has 21 heavy (non-hydrogen) atoms. The number of nitrogens with one attached hydrogen (secondary N) is 1. The fourth-order valence-corrected chi connectivity index (χ4v) is 4.08. The Bertz CT molecular complexity index is 474. The summed E-state index contributed by atoms with van der Waals surface area (Å²) in [6.07, 6.45) is 1.24. The first-order chi connectivity index (χ1) is 9.87. The predicted octanol–water partition coefficient (Wildman–Crippen LogP) is 4.67. The Kier molecular flexibility index (Phi) is 6.04. The second-order valence-corrected chi connectivity index (χ2v) is 9.31. The summed E-state index contributed by atoms with van der Waals surface area (Å²) < 4.78 is 1.62. The molecule has 118 valence electrons. The van der Waals surface area contributed by atoms with Crippen molar-refractivity contribution in [2.45, 2.75) is 51.4 Å². The Balaban J connectivity index is 2.05. The van der Waals surface area contributed by atoms with E-state index in [1.54, 1.807) is 0 Å². The summed E-state index contributed by atoms with van der Waals surface area (Å²) >= 11 is 5.83. The lowest BCUT2D eigenvalue weighted by molar-refractivity contribution is 0.588. The molecule has 2 nitrogen and oxygen atoms in total. The lowest BCUT2D eigenvalue weighted by Gasteiger charge is -2.25. The van der Waals surface area contributed by atoms with Crippen LogP contribution in [0.15, 0.2) is 22.7 Å². The van der Waals surface area contributed by atoms with Gasteiger partial charge in [0.2, 0.25) is 0 Å². The molecule has 1 aliphatic heterocycles. The first-order valence-electron chi connectivity index (χ1n) is 7.78. The van der Waals surface area contributed by atoms with E-state index in [0.29, 0.717) is 10.8 Å². The van der Waals surface area contributed by atoms with E-state index in [0.717, 1.165) is 19.6 Å². The van der Waals surface area contributed by atoms with Crippen molar-refractivity contribution in [3.63, 3.8) is 0 Å². The molecule has 0 atom stereocenters. The minimum Gasteiger partial charge on any atom is -0.371 e. The van der Waals surface area contributed by atoms with Crippen LogP contribution in [0.1, 0.15) is 39.7 Å². The van der Waals surface area contributed by atoms with Crippen LogP contribution < -0.4 is 10.2 Å². The molecule has 0 aliphatic carbocycles. The molecule has 1 heterocycles. The second-order valence-electron chi connectivity index (χ2n) is 6.66. The molecule has 0 spiro atoms. The fourth-order valence-electron chi connectivity index (χ4n) is 2.47. The maximum Gasteiger partial charge on any atom is 0.0378 e. The highest BCUT2D eigenvalue weighted by molar-refractivity contribution is 9.10. The molecule has 1 fully saturated rings. The van der Waals surface area contributed by atoms with Crippen LogP contribution in [-0.4, -0.2) is 29.6 Å². The van der Waals surface area contributed by atoms with Crippen molar-refractivity contribution in [3.8, 4) is 0 Å². The van der Waals surface area contributed by atoms with Gasteiger partial charge in [-0.3, -0.25) is 0 Å². The molecular weight excluding hydrogens is 344 g/mol. The van der Waals surface area contributed by atoms with Gasteiger partial charge in [0.25, 0.3) is 0 Å². The highest BCUT2D eigenvalue weighted by Gasteiger charge is 2.23. The zero-order chi connectivity index (χ0) is 15.5. The first kappa shape index (κ1) is 17.2. The lowest BCUT2D eigenvalue weighted by Crippen LogP contribution is -2.27. The molecule has 0 aromatic heterocycles. The molecule has 1 aromatic rings. The van der Waals surface area contributed by atoms with E-state index in [-0.39, 0.29) is 0 Å². The highest BCUT2D eigenvalue weighted by Crippen LogP contribution is 2.33. The Hall–Kier alpha value is -0.190. The Labute approximate surface area is 142 Å². The average molecular weight is 371 g/mol. The number of thioether (sulfide) groups is 1. The van der Waals surface area contributed by atoms with Crippen molar-refractivity contribution >= 4 is 33.4 Å². The summed E-state index contributed by atoms with van der Waals surface area (Å²) in [7, 11) is 0. The van der Waals surface area contributed by atoms with Gasteiger partial charge in [-0.25, -0.2) is 0 Å². The first-order valence-corrected chi connectivity index (χ1v) is 9.56. The topological polar surface area (TPSA) is 15.3 Å². The van der Waals surface area contributed by atoms with Crippen LogP contribution in [0.5, 0.6) is 0 Å². The summed E-state index contributed by atoms with van der Waals surface area (Å²) in [5, 5.41) is 3.48. The zero-order valence-corrected chi connectivity index (χ0v) is 16.0. The van der Waals surface area contributed by atoms with Crippen molar-refractivity contribution in [3.05, 3.63) is 28.2 Å². The average Bonchev–Trinajstić information content (AvgIpc) is 2.58. The number of benzene rings is 1. The molecule has 1 N–H and O–H groups in total. The van der Waals surface area contributed by atoms with Gasteiger partial charge in [0.15, 0.2) is 0 Å². The van der Waals surface area contributed by atoms with Crippen LogP contribution in [-0.2, 0) is 6.54 Å². The van der Waals surface area contributed by atoms with E-state index in [9.17, 15) is 0 Å². The van der Waals surface area contributed by atoms with E-state index in [2.05, 4.69) is 83.8 Å². The van der Waals surface area contributed by atoms with Crippen molar-refractivity contribution < 1.29 is 0 Å². The largest absolute Gasteiger partial charge is 0.371 e. The standard InChI is InChI=1S/C17H27BrN2S/c1-13(2)19-12-14-5-6-15(11-16(14)18)20-8-7-17(3,4)21-10-9-20/h5-6,11,13,19H,7-10,12H2,1-4H3. The maximum absolute atomic E-state index is 3.73. The molecule has 1 aromatic carbocycles. The van der Waals surface area contributed by atoms with Gasteiger partial charge in [0, 0.05) is 46.3 Å². The number of hydrogen-bond donors (Lipinski definition) is 1. The van der Waals surface area contributed by atoms with E-state index in [4.69, 9.17) is 0 Å². The molecule has 0 saturated carbocycles. The van der Waals surface area contributed by atoms with Crippen LogP contribution in [0, 0.1) is 0 Å². The summed E-state index contributed by atoms with van der Waals surface area (Å²) in [6, 6.07) is 7.31. The Morgan fingerprint density at radius 3 is 2.76 bits per heavy atom. The molecule has 2 rings (SSSR count). The van der Waals surface area contributed by atoms with Crippen molar-refractivity contribution in [2.24, 2.45) is 0 Å². The quantitative estimate of drug-likeness (QED) is 0.828. The normalized spacial score (nSPS) is 18.9. The maximum atomic E-state index is 3.73. The van der Waals surface area contributed by atoms with E-state index < -0.39 is 0 Å². The van der Waals surface area contributed by atoms with Gasteiger partial charge >= 0.3 is 0 Å². The van der Waals surface area contributed by atoms with E-state index >= 15 is 0 Å². The van der Waals surface area contributed by atoms with Crippen molar-refractivity contribution in [1.29, 1.82) is 0 Å². The second kappa shape index (κ2) is 7.38. The third-order valence-electron chi connectivity index (χ3n) is 3.94. The third kappa shape index (κ3) is 5.19. The Morgan fingerprint density at radius 1 is 1.33 bits per heavy atom. The van der Waals surface area contributed by atoms with Crippen LogP contribution in [0.25, 0.3) is 0 Å². The summed E-state index contributed by atoms with van der Waals surface area (Å²) in [4.78, 5) is 2.52. The molecule has 0 bridgehead atoms. The summed E-state index contributed by atoms with van der Waals surface area (Å²) in [6.45, 7) is 12.3. The Morgan fingerprint density at radius 2 is 2.10 bits per heavy atom. The minimum atomic E-state index is 0.410. The molecule has 0 radical (unpaired) electrons. The minimum absolute atomic E-state index is 0.410. The fraction of sp³-hybridized carbons (Fsp3) is 0.647. The van der Waals surface area contributed by atoms with Crippen LogP contribution in [0.2, 0.25) is 0 Å². The molecule has 0 amide bonds. The molecule has 1 aliphatic rings. The third-order valence-corrected chi connectivity index (χ3v) is 6.05.